The minimum absolute atomic E-state index is 0.915. The molecule has 0 saturated heterocycles. The van der Waals surface area contributed by atoms with Gasteiger partial charge in [-0.15, -0.1) is 0 Å². The Balaban J connectivity index is 4.71. The summed E-state index contributed by atoms with van der Waals surface area (Å²) in [7, 11) is 0. The Hall–Kier alpha value is -0.720. The van der Waals surface area contributed by atoms with E-state index in [0.29, 0.717) is 0 Å². The highest BCUT2D eigenvalue weighted by molar-refractivity contribution is 5.32. The van der Waals surface area contributed by atoms with E-state index in [2.05, 4.69) is 27.7 Å². The molecule has 0 aliphatic carbocycles. The van der Waals surface area contributed by atoms with Gasteiger partial charge in [-0.25, -0.2) is 0 Å². The second-order valence-electron chi connectivity index (χ2n) is 2.93. The molecular formula is C9H17N. The second-order valence-corrected chi connectivity index (χ2v) is 2.93. The van der Waals surface area contributed by atoms with E-state index < -0.39 is 0 Å². The van der Waals surface area contributed by atoms with Gasteiger partial charge >= 0.3 is 0 Å². The number of nitrogens with two attached hydrogens (primary N) is 1. The van der Waals surface area contributed by atoms with Crippen LogP contribution in [-0.4, -0.2) is 0 Å². The van der Waals surface area contributed by atoms with Crippen LogP contribution in [0.4, 0.5) is 0 Å². The van der Waals surface area contributed by atoms with Crippen molar-refractivity contribution in [3.63, 3.8) is 0 Å². The van der Waals surface area contributed by atoms with Crippen molar-refractivity contribution in [3.05, 3.63) is 22.4 Å². The number of allylic oxidation sites excluding steroid dienone is 4. The van der Waals surface area contributed by atoms with Crippen molar-refractivity contribution in [1.29, 1.82) is 0 Å². The molecule has 0 spiro atoms. The highest BCUT2D eigenvalue weighted by Crippen LogP contribution is 2.14. The molecule has 0 aromatic carbocycles. The number of hydrogen-bond acceptors (Lipinski definition) is 1. The first-order chi connectivity index (χ1) is 4.46. The van der Waals surface area contributed by atoms with Crippen molar-refractivity contribution in [1.82, 2.24) is 0 Å². The topological polar surface area (TPSA) is 26.0 Å². The largest absolute Gasteiger partial charge is 0.402 e. The zero-order valence-electron chi connectivity index (χ0n) is 7.58. The predicted octanol–water partition coefficient (Wildman–Crippen LogP) is 2.60. The molecule has 2 N–H and O–H groups in total. The number of rotatable bonds is 1. The van der Waals surface area contributed by atoms with Crippen LogP contribution in [0, 0.1) is 0 Å². The Morgan fingerprint density at radius 1 is 0.800 bits per heavy atom. The van der Waals surface area contributed by atoms with Gasteiger partial charge in [-0.2, -0.15) is 0 Å². The van der Waals surface area contributed by atoms with E-state index in [9.17, 15) is 0 Å². The molecule has 0 atom stereocenters. The van der Waals surface area contributed by atoms with E-state index in [1.54, 1.807) is 0 Å². The third-order valence-electron chi connectivity index (χ3n) is 1.90. The van der Waals surface area contributed by atoms with Gasteiger partial charge in [0.05, 0.1) is 0 Å². The Labute approximate surface area is 63.6 Å². The first-order valence-electron chi connectivity index (χ1n) is 3.54. The fourth-order valence-electron chi connectivity index (χ4n) is 0.671. The Bertz CT molecular complexity index is 155. The van der Waals surface area contributed by atoms with Crippen molar-refractivity contribution in [2.24, 2.45) is 5.73 Å². The molecule has 0 aromatic heterocycles. The second kappa shape index (κ2) is 3.45. The Morgan fingerprint density at radius 2 is 1.20 bits per heavy atom. The van der Waals surface area contributed by atoms with Crippen LogP contribution in [0.25, 0.3) is 0 Å². The van der Waals surface area contributed by atoms with Crippen molar-refractivity contribution >= 4 is 0 Å². The molecule has 0 aromatic rings. The maximum absolute atomic E-state index is 5.62. The average Bonchev–Trinajstić information content (AvgIpc) is 1.84. The molecule has 0 aliphatic rings. The zero-order valence-corrected chi connectivity index (χ0v) is 7.58. The first kappa shape index (κ1) is 9.28. The molecule has 1 nitrogen and oxygen atoms in total. The standard InChI is InChI=1S/C9H17N/c1-6(2)7(3)8(4)9(5)10/h10H2,1-5H3/b9-8+. The molecule has 58 valence electrons. The summed E-state index contributed by atoms with van der Waals surface area (Å²) in [5.41, 5.74) is 10.4. The van der Waals surface area contributed by atoms with Crippen LogP contribution in [0.5, 0.6) is 0 Å². The molecule has 1 heteroatoms. The van der Waals surface area contributed by atoms with Gasteiger partial charge in [0.2, 0.25) is 0 Å². The van der Waals surface area contributed by atoms with Crippen LogP contribution in [0.1, 0.15) is 34.6 Å². The predicted molar refractivity (Wildman–Crippen MR) is 46.6 cm³/mol. The smallest absolute Gasteiger partial charge is 0.00812 e. The molecule has 10 heavy (non-hydrogen) atoms. The SMILES string of the molecule is CC(C)=C(C)/C(C)=C(\C)N. The molecular weight excluding hydrogens is 122 g/mol. The number of hydrogen-bond donors (Lipinski definition) is 1. The lowest BCUT2D eigenvalue weighted by Crippen LogP contribution is -1.97. The quantitative estimate of drug-likeness (QED) is 0.555. The molecule has 0 aliphatic heterocycles. The third kappa shape index (κ3) is 2.26. The van der Waals surface area contributed by atoms with Gasteiger partial charge in [0.1, 0.15) is 0 Å². The molecule has 0 heterocycles. The summed E-state index contributed by atoms with van der Waals surface area (Å²) in [6, 6.07) is 0. The minimum atomic E-state index is 0.915. The Morgan fingerprint density at radius 3 is 1.30 bits per heavy atom. The van der Waals surface area contributed by atoms with Gasteiger partial charge in [-0.3, -0.25) is 0 Å². The molecule has 0 rings (SSSR count). The first-order valence-corrected chi connectivity index (χ1v) is 3.54. The Kier molecular flexibility index (Phi) is 3.20. The van der Waals surface area contributed by atoms with Gasteiger partial charge in [0.15, 0.2) is 0 Å². The van der Waals surface area contributed by atoms with Crippen LogP contribution in [0.2, 0.25) is 0 Å². The molecule has 0 fully saturated rings. The lowest BCUT2D eigenvalue weighted by atomic mass is 10.0. The fraction of sp³-hybridized carbons (Fsp3) is 0.556. The summed E-state index contributed by atoms with van der Waals surface area (Å²) in [5, 5.41) is 0. The van der Waals surface area contributed by atoms with Crippen LogP contribution in [0.15, 0.2) is 22.4 Å². The van der Waals surface area contributed by atoms with Gasteiger partial charge in [-0.1, -0.05) is 5.57 Å². The summed E-state index contributed by atoms with van der Waals surface area (Å²) in [6.45, 7) is 10.3. The highest BCUT2D eigenvalue weighted by atomic mass is 14.6. The van der Waals surface area contributed by atoms with Gasteiger partial charge in [-0.05, 0) is 45.8 Å². The minimum Gasteiger partial charge on any atom is -0.402 e. The maximum Gasteiger partial charge on any atom is 0.00812 e. The van der Waals surface area contributed by atoms with Crippen molar-refractivity contribution in [3.8, 4) is 0 Å². The maximum atomic E-state index is 5.62. The van der Waals surface area contributed by atoms with Crippen LogP contribution >= 0.6 is 0 Å². The normalized spacial score (nSPS) is 12.5. The van der Waals surface area contributed by atoms with Crippen LogP contribution < -0.4 is 5.73 Å². The van der Waals surface area contributed by atoms with E-state index in [-0.39, 0.29) is 0 Å². The monoisotopic (exact) mass is 139 g/mol. The molecule has 0 bridgehead atoms. The zero-order chi connectivity index (χ0) is 8.31. The third-order valence-corrected chi connectivity index (χ3v) is 1.90. The van der Waals surface area contributed by atoms with Crippen LogP contribution in [-0.2, 0) is 0 Å². The highest BCUT2D eigenvalue weighted by Gasteiger charge is 1.96. The molecule has 0 unspecified atom stereocenters. The van der Waals surface area contributed by atoms with E-state index in [1.165, 1.54) is 16.7 Å². The van der Waals surface area contributed by atoms with Crippen molar-refractivity contribution in [2.75, 3.05) is 0 Å². The average molecular weight is 139 g/mol. The molecule has 0 radical (unpaired) electrons. The summed E-state index contributed by atoms with van der Waals surface area (Å²) in [5.74, 6) is 0. The van der Waals surface area contributed by atoms with Crippen molar-refractivity contribution in [2.45, 2.75) is 34.6 Å². The molecule has 0 amide bonds. The summed E-state index contributed by atoms with van der Waals surface area (Å²) in [6.07, 6.45) is 0. The lowest BCUT2D eigenvalue weighted by molar-refractivity contribution is 1.15. The summed E-state index contributed by atoms with van der Waals surface area (Å²) < 4.78 is 0. The lowest BCUT2D eigenvalue weighted by Gasteiger charge is -2.05. The van der Waals surface area contributed by atoms with Gasteiger partial charge in [0, 0.05) is 5.70 Å². The van der Waals surface area contributed by atoms with Crippen LogP contribution in [0.3, 0.4) is 0 Å². The molecule has 0 saturated carbocycles. The fourth-order valence-corrected chi connectivity index (χ4v) is 0.671. The van der Waals surface area contributed by atoms with Crippen molar-refractivity contribution < 1.29 is 0 Å². The van der Waals surface area contributed by atoms with E-state index in [4.69, 9.17) is 5.73 Å². The van der Waals surface area contributed by atoms with E-state index in [1.807, 2.05) is 6.92 Å². The summed E-state index contributed by atoms with van der Waals surface area (Å²) >= 11 is 0. The van der Waals surface area contributed by atoms with E-state index >= 15 is 0 Å². The van der Waals surface area contributed by atoms with Gasteiger partial charge < -0.3 is 5.73 Å². The van der Waals surface area contributed by atoms with E-state index in [0.717, 1.165) is 5.70 Å². The summed E-state index contributed by atoms with van der Waals surface area (Å²) in [4.78, 5) is 0. The van der Waals surface area contributed by atoms with Gasteiger partial charge in [0.25, 0.3) is 0 Å².